The van der Waals surface area contributed by atoms with E-state index in [1.807, 2.05) is 6.92 Å². The lowest BCUT2D eigenvalue weighted by Gasteiger charge is -2.20. The highest BCUT2D eigenvalue weighted by molar-refractivity contribution is 5.90. The lowest BCUT2D eigenvalue weighted by molar-refractivity contribution is -0.118. The van der Waals surface area contributed by atoms with Crippen LogP contribution in [0.5, 0.6) is 0 Å². The number of benzene rings is 1. The van der Waals surface area contributed by atoms with E-state index in [1.165, 1.54) is 24.5 Å². The number of halogens is 1. The van der Waals surface area contributed by atoms with Crippen LogP contribution in [0.4, 0.5) is 4.39 Å². The van der Waals surface area contributed by atoms with Crippen LogP contribution < -0.4 is 0 Å². The van der Waals surface area contributed by atoms with E-state index < -0.39 is 0 Å². The molecule has 1 aliphatic heterocycles. The second-order valence-corrected chi connectivity index (χ2v) is 3.60. The second-order valence-electron chi connectivity index (χ2n) is 3.60. The Hall–Kier alpha value is -1.64. The number of ether oxygens (including phenoxy) is 1. The van der Waals surface area contributed by atoms with Gasteiger partial charge in [0.15, 0.2) is 5.78 Å². The van der Waals surface area contributed by atoms with Crippen molar-refractivity contribution in [3.05, 3.63) is 47.5 Å². The Labute approximate surface area is 87.4 Å². The first-order chi connectivity index (χ1) is 7.16. The molecule has 0 aromatic heterocycles. The Morgan fingerprint density at radius 1 is 1.47 bits per heavy atom. The molecule has 2 nitrogen and oxygen atoms in total. The Bertz CT molecular complexity index is 424. The zero-order valence-corrected chi connectivity index (χ0v) is 8.37. The Kier molecular flexibility index (Phi) is 2.54. The summed E-state index contributed by atoms with van der Waals surface area (Å²) in [7, 11) is 0. The Balaban J connectivity index is 2.30. The van der Waals surface area contributed by atoms with Gasteiger partial charge in [0.1, 0.15) is 11.9 Å². The highest BCUT2D eigenvalue weighted by Crippen LogP contribution is 2.27. The zero-order chi connectivity index (χ0) is 10.8. The summed E-state index contributed by atoms with van der Waals surface area (Å²) in [6, 6.07) is 4.50. The average molecular weight is 206 g/mol. The molecule has 0 radical (unpaired) electrons. The molecule has 1 atom stereocenters. The van der Waals surface area contributed by atoms with Gasteiger partial charge in [-0.3, -0.25) is 4.79 Å². The second kappa shape index (κ2) is 3.85. The van der Waals surface area contributed by atoms with Crippen molar-refractivity contribution in [3.8, 4) is 0 Å². The van der Waals surface area contributed by atoms with Gasteiger partial charge in [0.25, 0.3) is 0 Å². The van der Waals surface area contributed by atoms with Crippen LogP contribution in [0.25, 0.3) is 0 Å². The minimum Gasteiger partial charge on any atom is -0.493 e. The summed E-state index contributed by atoms with van der Waals surface area (Å²) < 4.78 is 18.2. The number of carbonyl (C=O) groups excluding carboxylic acids is 1. The molecular formula is C12H11FO2. The maximum Gasteiger partial charge on any atom is 0.162 e. The summed E-state index contributed by atoms with van der Waals surface area (Å²) in [6.07, 6.45) is 2.86. The third-order valence-corrected chi connectivity index (χ3v) is 2.46. The van der Waals surface area contributed by atoms with Gasteiger partial charge in [0.05, 0.1) is 12.7 Å². The molecule has 3 heteroatoms. The molecule has 1 aromatic carbocycles. The number of hydrogen-bond acceptors (Lipinski definition) is 2. The number of aryl methyl sites for hydroxylation is 1. The molecule has 1 aromatic rings. The van der Waals surface area contributed by atoms with Gasteiger partial charge in [-0.2, -0.15) is 0 Å². The molecule has 1 unspecified atom stereocenters. The van der Waals surface area contributed by atoms with Crippen LogP contribution in [0, 0.1) is 12.7 Å². The van der Waals surface area contributed by atoms with Gasteiger partial charge in [-0.25, -0.2) is 4.39 Å². The highest BCUT2D eigenvalue weighted by Gasteiger charge is 2.20. The smallest absolute Gasteiger partial charge is 0.162 e. The largest absolute Gasteiger partial charge is 0.493 e. The summed E-state index contributed by atoms with van der Waals surface area (Å²) in [5.74, 6) is -0.232. The van der Waals surface area contributed by atoms with Gasteiger partial charge in [-0.05, 0) is 30.2 Å². The molecule has 0 spiro atoms. The zero-order valence-electron chi connectivity index (χ0n) is 8.37. The van der Waals surface area contributed by atoms with Gasteiger partial charge in [-0.15, -0.1) is 0 Å². The lowest BCUT2D eigenvalue weighted by atomic mass is 9.98. The summed E-state index contributed by atoms with van der Waals surface area (Å²) in [4.78, 5) is 11.2. The van der Waals surface area contributed by atoms with E-state index in [9.17, 15) is 9.18 Å². The van der Waals surface area contributed by atoms with Crippen molar-refractivity contribution in [2.75, 3.05) is 0 Å². The van der Waals surface area contributed by atoms with Crippen LogP contribution in [-0.4, -0.2) is 5.78 Å². The standard InChI is InChI=1S/C12H11FO2/c1-8-6-9(13)2-3-11(8)12-7-10(14)4-5-15-12/h2-6,12H,7H2,1H3. The minimum absolute atomic E-state index is 0.0370. The van der Waals surface area contributed by atoms with Crippen LogP contribution in [0.15, 0.2) is 30.5 Å². The maximum atomic E-state index is 12.9. The highest BCUT2D eigenvalue weighted by atomic mass is 19.1. The molecule has 2 rings (SSSR count). The molecule has 1 aliphatic rings. The predicted molar refractivity (Wildman–Crippen MR) is 53.7 cm³/mol. The van der Waals surface area contributed by atoms with Crippen molar-refractivity contribution >= 4 is 5.78 Å². The molecular weight excluding hydrogens is 195 g/mol. The molecule has 0 aliphatic carbocycles. The number of rotatable bonds is 1. The third-order valence-electron chi connectivity index (χ3n) is 2.46. The van der Waals surface area contributed by atoms with Crippen LogP contribution in [0.2, 0.25) is 0 Å². The van der Waals surface area contributed by atoms with E-state index >= 15 is 0 Å². The van der Waals surface area contributed by atoms with Crippen molar-refractivity contribution in [1.82, 2.24) is 0 Å². The van der Waals surface area contributed by atoms with Crippen molar-refractivity contribution in [2.24, 2.45) is 0 Å². The maximum absolute atomic E-state index is 12.9. The summed E-state index contributed by atoms with van der Waals surface area (Å²) in [5, 5.41) is 0. The summed E-state index contributed by atoms with van der Waals surface area (Å²) in [6.45, 7) is 1.81. The van der Waals surface area contributed by atoms with Crippen molar-refractivity contribution in [2.45, 2.75) is 19.4 Å². The van der Waals surface area contributed by atoms with Crippen LogP contribution in [0.3, 0.4) is 0 Å². The quantitative estimate of drug-likeness (QED) is 0.706. The monoisotopic (exact) mass is 206 g/mol. The molecule has 0 saturated heterocycles. The minimum atomic E-state index is -0.275. The van der Waals surface area contributed by atoms with Crippen molar-refractivity contribution in [1.29, 1.82) is 0 Å². The molecule has 0 bridgehead atoms. The van der Waals surface area contributed by atoms with Gasteiger partial charge in [-0.1, -0.05) is 6.07 Å². The van der Waals surface area contributed by atoms with E-state index in [0.717, 1.165) is 11.1 Å². The molecule has 0 amide bonds. The topological polar surface area (TPSA) is 26.3 Å². The number of ketones is 1. The fraction of sp³-hybridized carbons (Fsp3) is 0.250. The fourth-order valence-electron chi connectivity index (χ4n) is 1.69. The normalized spacial score (nSPS) is 20.1. The van der Waals surface area contributed by atoms with Crippen LogP contribution in [0.1, 0.15) is 23.7 Å². The van der Waals surface area contributed by atoms with E-state index in [4.69, 9.17) is 4.74 Å². The molecule has 0 fully saturated rings. The molecule has 15 heavy (non-hydrogen) atoms. The van der Waals surface area contributed by atoms with Gasteiger partial charge >= 0.3 is 0 Å². The first-order valence-electron chi connectivity index (χ1n) is 4.78. The van der Waals surface area contributed by atoms with Crippen LogP contribution >= 0.6 is 0 Å². The Morgan fingerprint density at radius 2 is 2.27 bits per heavy atom. The van der Waals surface area contributed by atoms with E-state index in [0.29, 0.717) is 6.42 Å². The Morgan fingerprint density at radius 3 is 2.93 bits per heavy atom. The third kappa shape index (κ3) is 2.06. The SMILES string of the molecule is Cc1cc(F)ccc1C1CC(=O)C=CO1. The summed E-state index contributed by atoms with van der Waals surface area (Å²) >= 11 is 0. The van der Waals surface area contributed by atoms with E-state index in [1.54, 1.807) is 6.07 Å². The average Bonchev–Trinajstić information content (AvgIpc) is 2.17. The summed E-state index contributed by atoms with van der Waals surface area (Å²) in [5.41, 5.74) is 1.68. The van der Waals surface area contributed by atoms with Gasteiger partial charge in [0, 0.05) is 6.08 Å². The lowest BCUT2D eigenvalue weighted by Crippen LogP contribution is -2.12. The fourth-order valence-corrected chi connectivity index (χ4v) is 1.69. The number of carbonyl (C=O) groups is 1. The molecule has 78 valence electrons. The van der Waals surface area contributed by atoms with Gasteiger partial charge < -0.3 is 4.74 Å². The number of hydrogen-bond donors (Lipinski definition) is 0. The molecule has 1 heterocycles. The van der Waals surface area contributed by atoms with Gasteiger partial charge in [0.2, 0.25) is 0 Å². The van der Waals surface area contributed by atoms with E-state index in [-0.39, 0.29) is 17.7 Å². The first-order valence-corrected chi connectivity index (χ1v) is 4.78. The molecule has 0 N–H and O–H groups in total. The number of allylic oxidation sites excluding steroid dienone is 1. The molecule has 0 saturated carbocycles. The van der Waals surface area contributed by atoms with Crippen molar-refractivity contribution in [3.63, 3.8) is 0 Å². The first kappa shape index (κ1) is 9.90. The van der Waals surface area contributed by atoms with E-state index in [2.05, 4.69) is 0 Å². The predicted octanol–water partition coefficient (Wildman–Crippen LogP) is 2.68. The van der Waals surface area contributed by atoms with Crippen LogP contribution in [-0.2, 0) is 9.53 Å². The van der Waals surface area contributed by atoms with Crippen molar-refractivity contribution < 1.29 is 13.9 Å².